The molecule has 1 spiro atoms. The Kier molecular flexibility index (Phi) is 4.55. The zero-order chi connectivity index (χ0) is 16.7. The Balaban J connectivity index is 1.69. The minimum Gasteiger partial charge on any atom is -0.466 e. The van der Waals surface area contributed by atoms with Gasteiger partial charge in [-0.15, -0.1) is 0 Å². The highest BCUT2D eigenvalue weighted by Gasteiger charge is 2.81. The van der Waals surface area contributed by atoms with Gasteiger partial charge in [-0.05, 0) is 39.2 Å². The van der Waals surface area contributed by atoms with Crippen LogP contribution in [-0.4, -0.2) is 55.2 Å². The first kappa shape index (κ1) is 16.9. The molecule has 5 unspecified atom stereocenters. The molecule has 0 radical (unpaired) electrons. The summed E-state index contributed by atoms with van der Waals surface area (Å²) >= 11 is 0. The zero-order valence-corrected chi connectivity index (χ0v) is 14.7. The number of likely N-dealkylation sites (tertiary alicyclic amines) is 1. The number of hydrogen-bond donors (Lipinski definition) is 2. The lowest BCUT2D eigenvalue weighted by Gasteiger charge is -2.29. The van der Waals surface area contributed by atoms with Crippen LogP contribution < -0.4 is 11.1 Å². The van der Waals surface area contributed by atoms with Crippen molar-refractivity contribution in [2.75, 3.05) is 32.8 Å². The fraction of sp³-hybridized carbons (Fsp3) is 0.833. The van der Waals surface area contributed by atoms with E-state index < -0.39 is 0 Å². The van der Waals surface area contributed by atoms with Gasteiger partial charge < -0.3 is 15.8 Å². The molecule has 0 aromatic rings. The van der Waals surface area contributed by atoms with Crippen molar-refractivity contribution in [3.63, 3.8) is 0 Å². The molecule has 1 saturated heterocycles. The fourth-order valence-corrected chi connectivity index (χ4v) is 5.10. The number of esters is 1. The highest BCUT2D eigenvalue weighted by molar-refractivity contribution is 5.75. The summed E-state index contributed by atoms with van der Waals surface area (Å²) < 4.78 is 5.23. The Labute approximate surface area is 139 Å². The van der Waals surface area contributed by atoms with Crippen molar-refractivity contribution in [3.8, 4) is 0 Å². The van der Waals surface area contributed by atoms with Crippen molar-refractivity contribution >= 4 is 5.97 Å². The number of carbonyl (C=O) groups is 1. The van der Waals surface area contributed by atoms with Gasteiger partial charge >= 0.3 is 5.97 Å². The maximum absolute atomic E-state index is 12.1. The maximum Gasteiger partial charge on any atom is 0.312 e. The van der Waals surface area contributed by atoms with Crippen LogP contribution in [0, 0.1) is 17.3 Å². The van der Waals surface area contributed by atoms with E-state index in [4.69, 9.17) is 10.5 Å². The molecule has 0 bridgehead atoms. The van der Waals surface area contributed by atoms with Crippen molar-refractivity contribution in [2.45, 2.75) is 45.2 Å². The molecular weight excluding hydrogens is 290 g/mol. The van der Waals surface area contributed by atoms with Crippen LogP contribution in [0.5, 0.6) is 0 Å². The van der Waals surface area contributed by atoms with Crippen LogP contribution in [-0.2, 0) is 9.53 Å². The summed E-state index contributed by atoms with van der Waals surface area (Å²) in [5.74, 6) is 0.248. The fourth-order valence-electron chi connectivity index (χ4n) is 5.10. The van der Waals surface area contributed by atoms with Crippen molar-refractivity contribution in [2.24, 2.45) is 23.0 Å². The molecule has 1 saturated carbocycles. The number of nitrogens with one attached hydrogen (secondary N) is 1. The Morgan fingerprint density at radius 1 is 1.39 bits per heavy atom. The van der Waals surface area contributed by atoms with Gasteiger partial charge in [0, 0.05) is 36.6 Å². The highest BCUT2D eigenvalue weighted by atomic mass is 16.5. The van der Waals surface area contributed by atoms with Crippen LogP contribution in [0.25, 0.3) is 0 Å². The van der Waals surface area contributed by atoms with Crippen molar-refractivity contribution < 1.29 is 9.53 Å². The molecule has 2 fully saturated rings. The van der Waals surface area contributed by atoms with Crippen LogP contribution in [0.3, 0.4) is 0 Å². The summed E-state index contributed by atoms with van der Waals surface area (Å²) in [5.41, 5.74) is 6.65. The van der Waals surface area contributed by atoms with E-state index in [-0.39, 0.29) is 28.9 Å². The van der Waals surface area contributed by atoms with E-state index in [1.807, 2.05) is 6.92 Å². The van der Waals surface area contributed by atoms with Crippen LogP contribution in [0.4, 0.5) is 0 Å². The van der Waals surface area contributed by atoms with Gasteiger partial charge in [-0.25, -0.2) is 0 Å². The predicted octanol–water partition coefficient (Wildman–Crippen LogP) is 1.14. The number of rotatable bonds is 7. The number of ether oxygens (including phenoxy) is 1. The van der Waals surface area contributed by atoms with Gasteiger partial charge in [-0.3, -0.25) is 9.69 Å². The van der Waals surface area contributed by atoms with Gasteiger partial charge in [0.2, 0.25) is 0 Å². The molecular formula is C18H31N3O2. The molecule has 3 rings (SSSR count). The van der Waals surface area contributed by atoms with Crippen LogP contribution in [0.1, 0.15) is 33.6 Å². The number of nitrogens with two attached hydrogens (primary N) is 1. The normalized spacial score (nSPS) is 41.5. The first-order valence-corrected chi connectivity index (χ1v) is 9.08. The SMILES string of the molecule is CCCNCCN1CC2C=CC(C(=O)OCC)CC23C(N)C13C. The number of hydrogen-bond acceptors (Lipinski definition) is 5. The first-order valence-electron chi connectivity index (χ1n) is 9.08. The molecule has 5 nitrogen and oxygen atoms in total. The Morgan fingerprint density at radius 3 is 2.87 bits per heavy atom. The molecule has 1 aliphatic heterocycles. The predicted molar refractivity (Wildman–Crippen MR) is 90.9 cm³/mol. The summed E-state index contributed by atoms with van der Waals surface area (Å²) in [5, 5.41) is 3.48. The van der Waals surface area contributed by atoms with E-state index >= 15 is 0 Å². The molecule has 0 aromatic carbocycles. The molecule has 0 aromatic heterocycles. The zero-order valence-electron chi connectivity index (χ0n) is 14.7. The van der Waals surface area contributed by atoms with Gasteiger partial charge in [0.1, 0.15) is 0 Å². The van der Waals surface area contributed by atoms with Gasteiger partial charge in [0.15, 0.2) is 0 Å². The lowest BCUT2D eigenvalue weighted by molar-refractivity contribution is -0.147. The minimum absolute atomic E-state index is 0.0288. The molecule has 3 N–H and O–H groups in total. The second-order valence-electron chi connectivity index (χ2n) is 7.42. The molecule has 1 heterocycles. The summed E-state index contributed by atoms with van der Waals surface area (Å²) in [6, 6.07) is 0.154. The average molecular weight is 321 g/mol. The lowest BCUT2D eigenvalue weighted by Crippen LogP contribution is -2.43. The molecule has 23 heavy (non-hydrogen) atoms. The van der Waals surface area contributed by atoms with Gasteiger partial charge in [0.05, 0.1) is 12.5 Å². The Morgan fingerprint density at radius 2 is 2.17 bits per heavy atom. The highest BCUT2D eigenvalue weighted by Crippen LogP contribution is 2.71. The second-order valence-corrected chi connectivity index (χ2v) is 7.42. The van der Waals surface area contributed by atoms with E-state index in [9.17, 15) is 4.79 Å². The third-order valence-corrected chi connectivity index (χ3v) is 6.46. The second kappa shape index (κ2) is 6.19. The van der Waals surface area contributed by atoms with Gasteiger partial charge in [-0.2, -0.15) is 0 Å². The Bertz CT molecular complexity index is 495. The number of carbonyl (C=O) groups excluding carboxylic acids is 1. The molecule has 3 aliphatic rings. The summed E-state index contributed by atoms with van der Waals surface area (Å²) in [4.78, 5) is 14.7. The molecule has 0 amide bonds. The number of nitrogens with zero attached hydrogens (tertiary/aromatic N) is 1. The van der Waals surface area contributed by atoms with Gasteiger partial charge in [-0.1, -0.05) is 19.1 Å². The van der Waals surface area contributed by atoms with Crippen LogP contribution in [0.2, 0.25) is 0 Å². The Hall–Kier alpha value is -0.910. The smallest absolute Gasteiger partial charge is 0.312 e. The third kappa shape index (κ3) is 2.36. The first-order chi connectivity index (χ1) is 11.0. The summed E-state index contributed by atoms with van der Waals surface area (Å²) in [6.45, 7) is 10.9. The van der Waals surface area contributed by atoms with E-state index in [2.05, 4.69) is 36.2 Å². The third-order valence-electron chi connectivity index (χ3n) is 6.46. The van der Waals surface area contributed by atoms with Crippen molar-refractivity contribution in [1.29, 1.82) is 0 Å². The topological polar surface area (TPSA) is 67.6 Å². The molecule has 5 atom stereocenters. The molecule has 5 heteroatoms. The van der Waals surface area contributed by atoms with E-state index in [1.165, 1.54) is 0 Å². The lowest BCUT2D eigenvalue weighted by atomic mass is 9.75. The molecule has 2 aliphatic carbocycles. The summed E-state index contributed by atoms with van der Waals surface area (Å²) in [6.07, 6.45) is 6.28. The standard InChI is InChI=1S/C18H31N3O2/c1-4-8-20-9-10-21-12-14-7-6-13(15(22)23-5-2)11-18(14)16(19)17(18,21)3/h6-7,13-14,16,20H,4-5,8-12,19H2,1-3H3. The number of piperidine rings is 1. The van der Waals surface area contributed by atoms with E-state index in [0.717, 1.165) is 39.0 Å². The van der Waals surface area contributed by atoms with E-state index in [1.54, 1.807) is 0 Å². The van der Waals surface area contributed by atoms with Gasteiger partial charge in [0.25, 0.3) is 0 Å². The van der Waals surface area contributed by atoms with Crippen molar-refractivity contribution in [1.82, 2.24) is 10.2 Å². The van der Waals surface area contributed by atoms with Crippen molar-refractivity contribution in [3.05, 3.63) is 12.2 Å². The molecule has 130 valence electrons. The van der Waals surface area contributed by atoms with Crippen LogP contribution in [0.15, 0.2) is 12.2 Å². The largest absolute Gasteiger partial charge is 0.466 e. The van der Waals surface area contributed by atoms with E-state index in [0.29, 0.717) is 12.5 Å². The van der Waals surface area contributed by atoms with Crippen LogP contribution >= 0.6 is 0 Å². The summed E-state index contributed by atoms with van der Waals surface area (Å²) in [7, 11) is 0. The quantitative estimate of drug-likeness (QED) is 0.418. The monoisotopic (exact) mass is 321 g/mol. The minimum atomic E-state index is -0.128. The average Bonchev–Trinajstić information content (AvgIpc) is 2.88. The maximum atomic E-state index is 12.1.